The minimum atomic E-state index is -0.220. The van der Waals surface area contributed by atoms with Crippen LogP contribution in [0.2, 0.25) is 0 Å². The lowest BCUT2D eigenvalue weighted by atomic mass is 10.1. The van der Waals surface area contributed by atoms with E-state index in [1.165, 1.54) is 6.07 Å². The molecule has 0 saturated carbocycles. The van der Waals surface area contributed by atoms with Crippen LogP contribution in [0, 0.1) is 19.7 Å². The molecule has 0 unspecified atom stereocenters. The summed E-state index contributed by atoms with van der Waals surface area (Å²) in [6.07, 6.45) is 1.58. The summed E-state index contributed by atoms with van der Waals surface area (Å²) < 4.78 is 13.4. The molecular weight excluding hydrogens is 191 g/mol. The van der Waals surface area contributed by atoms with Gasteiger partial charge in [0.1, 0.15) is 5.82 Å². The third kappa shape index (κ3) is 2.29. The number of nitrogens with zero attached hydrogens (tertiary/aromatic N) is 2. The number of hydrogen-bond acceptors (Lipinski definition) is 2. The Kier molecular flexibility index (Phi) is 3.72. The van der Waals surface area contributed by atoms with Crippen molar-refractivity contribution < 1.29 is 4.39 Å². The van der Waals surface area contributed by atoms with Crippen LogP contribution in [-0.2, 0) is 0 Å². The summed E-state index contributed by atoms with van der Waals surface area (Å²) in [6, 6.07) is 3.41. The van der Waals surface area contributed by atoms with Crippen molar-refractivity contribution in [2.24, 2.45) is 0 Å². The molecule has 0 aliphatic rings. The first-order valence-electron chi connectivity index (χ1n) is 5.06. The van der Waals surface area contributed by atoms with E-state index in [0.29, 0.717) is 11.1 Å². The molecule has 80 valence electrons. The molecule has 0 radical (unpaired) electrons. The largest absolute Gasteiger partial charge is 0.206 e. The fourth-order valence-electron chi connectivity index (χ4n) is 1.48. The first-order chi connectivity index (χ1) is 7.18. The molecule has 1 heterocycles. The number of halogens is 1. The summed E-state index contributed by atoms with van der Waals surface area (Å²) in [6.45, 7) is 7.62. The Hall–Kier alpha value is -1.51. The van der Waals surface area contributed by atoms with Crippen LogP contribution in [0.3, 0.4) is 0 Å². The Morgan fingerprint density at radius 2 is 1.80 bits per heavy atom. The fourth-order valence-corrected chi connectivity index (χ4v) is 1.48. The van der Waals surface area contributed by atoms with Crippen molar-refractivity contribution in [2.45, 2.75) is 27.7 Å². The van der Waals surface area contributed by atoms with E-state index in [4.69, 9.17) is 0 Å². The molecule has 0 spiro atoms. The van der Waals surface area contributed by atoms with Gasteiger partial charge in [-0.2, -0.15) is 10.2 Å². The van der Waals surface area contributed by atoms with Crippen LogP contribution in [-0.4, -0.2) is 10.2 Å². The normalized spacial score (nSPS) is 9.67. The quantitative estimate of drug-likeness (QED) is 0.660. The second-order valence-electron chi connectivity index (χ2n) is 3.14. The smallest absolute Gasteiger partial charge is 0.133 e. The Bertz CT molecular complexity index is 466. The van der Waals surface area contributed by atoms with Gasteiger partial charge in [0.25, 0.3) is 0 Å². The highest BCUT2D eigenvalue weighted by atomic mass is 19.1. The average Bonchev–Trinajstić information content (AvgIpc) is 2.19. The number of rotatable bonds is 0. The Labute approximate surface area is 89.2 Å². The molecule has 2 nitrogen and oxygen atoms in total. The van der Waals surface area contributed by atoms with Gasteiger partial charge in [-0.25, -0.2) is 4.39 Å². The summed E-state index contributed by atoms with van der Waals surface area (Å²) in [5.74, 6) is -0.220. The average molecular weight is 206 g/mol. The van der Waals surface area contributed by atoms with Gasteiger partial charge in [0.05, 0.1) is 11.9 Å². The lowest BCUT2D eigenvalue weighted by Gasteiger charge is -2.02. The standard InChI is InChI=1S/C10H9FN2.C2H6/c1-6-3-8-5-12-13-7(2)10(8)9(11)4-6;1-2/h3-5H,1-2H3;1-2H3. The van der Waals surface area contributed by atoms with Crippen LogP contribution in [0.25, 0.3) is 10.8 Å². The van der Waals surface area contributed by atoms with E-state index >= 15 is 0 Å². The van der Waals surface area contributed by atoms with Gasteiger partial charge in [-0.1, -0.05) is 13.8 Å². The molecule has 15 heavy (non-hydrogen) atoms. The van der Waals surface area contributed by atoms with E-state index in [0.717, 1.165) is 10.9 Å². The number of aromatic nitrogens is 2. The summed E-state index contributed by atoms with van der Waals surface area (Å²) in [4.78, 5) is 0. The third-order valence-electron chi connectivity index (χ3n) is 2.03. The van der Waals surface area contributed by atoms with Gasteiger partial charge in [0.15, 0.2) is 0 Å². The van der Waals surface area contributed by atoms with E-state index in [2.05, 4.69) is 10.2 Å². The van der Waals surface area contributed by atoms with Crippen LogP contribution in [0.5, 0.6) is 0 Å². The number of benzene rings is 1. The van der Waals surface area contributed by atoms with Crippen molar-refractivity contribution in [3.8, 4) is 0 Å². The van der Waals surface area contributed by atoms with Crippen LogP contribution in [0.4, 0.5) is 4.39 Å². The molecule has 0 aliphatic heterocycles. The SMILES string of the molecule is CC.Cc1cc(F)c2c(C)nncc2c1. The van der Waals surface area contributed by atoms with Gasteiger partial charge in [0.2, 0.25) is 0 Å². The maximum atomic E-state index is 13.4. The van der Waals surface area contributed by atoms with Crippen LogP contribution in [0.15, 0.2) is 18.3 Å². The van der Waals surface area contributed by atoms with Gasteiger partial charge >= 0.3 is 0 Å². The van der Waals surface area contributed by atoms with E-state index in [1.807, 2.05) is 26.8 Å². The van der Waals surface area contributed by atoms with Crippen molar-refractivity contribution in [1.82, 2.24) is 10.2 Å². The van der Waals surface area contributed by atoms with Crippen molar-refractivity contribution >= 4 is 10.8 Å². The van der Waals surface area contributed by atoms with E-state index in [9.17, 15) is 4.39 Å². The minimum absolute atomic E-state index is 0.220. The van der Waals surface area contributed by atoms with Crippen LogP contribution < -0.4 is 0 Å². The Morgan fingerprint density at radius 1 is 1.13 bits per heavy atom. The lowest BCUT2D eigenvalue weighted by Crippen LogP contribution is -1.91. The highest BCUT2D eigenvalue weighted by molar-refractivity contribution is 5.84. The monoisotopic (exact) mass is 206 g/mol. The fraction of sp³-hybridized carbons (Fsp3) is 0.333. The van der Waals surface area contributed by atoms with Gasteiger partial charge in [0, 0.05) is 10.8 Å². The Balaban J connectivity index is 0.000000531. The van der Waals surface area contributed by atoms with Crippen LogP contribution in [0.1, 0.15) is 25.1 Å². The van der Waals surface area contributed by atoms with Gasteiger partial charge < -0.3 is 0 Å². The summed E-state index contributed by atoms with van der Waals surface area (Å²) in [7, 11) is 0. The highest BCUT2D eigenvalue weighted by Crippen LogP contribution is 2.20. The summed E-state index contributed by atoms with van der Waals surface area (Å²) in [5, 5.41) is 8.97. The molecule has 0 atom stereocenters. The predicted molar refractivity (Wildman–Crippen MR) is 60.3 cm³/mol. The zero-order chi connectivity index (χ0) is 11.4. The number of aryl methyl sites for hydroxylation is 2. The second-order valence-corrected chi connectivity index (χ2v) is 3.14. The maximum Gasteiger partial charge on any atom is 0.133 e. The maximum absolute atomic E-state index is 13.4. The molecule has 0 bridgehead atoms. The van der Waals surface area contributed by atoms with E-state index < -0.39 is 0 Å². The molecule has 0 fully saturated rings. The molecule has 3 heteroatoms. The van der Waals surface area contributed by atoms with Crippen LogP contribution >= 0.6 is 0 Å². The molecule has 1 aromatic heterocycles. The molecule has 2 rings (SSSR count). The molecular formula is C12H15FN2. The second kappa shape index (κ2) is 4.82. The molecule has 1 aromatic carbocycles. The van der Waals surface area contributed by atoms with Crippen molar-refractivity contribution in [1.29, 1.82) is 0 Å². The van der Waals surface area contributed by atoms with Crippen molar-refractivity contribution in [2.75, 3.05) is 0 Å². The van der Waals surface area contributed by atoms with E-state index in [-0.39, 0.29) is 5.82 Å². The molecule has 0 saturated heterocycles. The zero-order valence-corrected chi connectivity index (χ0v) is 9.50. The molecule has 0 amide bonds. The number of hydrogen-bond donors (Lipinski definition) is 0. The molecule has 0 aliphatic carbocycles. The van der Waals surface area contributed by atoms with E-state index in [1.54, 1.807) is 13.1 Å². The van der Waals surface area contributed by atoms with Gasteiger partial charge in [-0.05, 0) is 31.5 Å². The summed E-state index contributed by atoms with van der Waals surface area (Å²) >= 11 is 0. The minimum Gasteiger partial charge on any atom is -0.206 e. The van der Waals surface area contributed by atoms with Crippen molar-refractivity contribution in [3.05, 3.63) is 35.4 Å². The molecule has 2 aromatic rings. The first-order valence-corrected chi connectivity index (χ1v) is 5.06. The van der Waals surface area contributed by atoms with Gasteiger partial charge in [-0.3, -0.25) is 0 Å². The highest BCUT2D eigenvalue weighted by Gasteiger charge is 2.05. The topological polar surface area (TPSA) is 25.8 Å². The van der Waals surface area contributed by atoms with Gasteiger partial charge in [-0.15, -0.1) is 0 Å². The lowest BCUT2D eigenvalue weighted by molar-refractivity contribution is 0.637. The third-order valence-corrected chi connectivity index (χ3v) is 2.03. The summed E-state index contributed by atoms with van der Waals surface area (Å²) in [5.41, 5.74) is 1.53. The molecule has 0 N–H and O–H groups in total. The number of fused-ring (bicyclic) bond motifs is 1. The first kappa shape index (κ1) is 11.6. The predicted octanol–water partition coefficient (Wildman–Crippen LogP) is 3.41. The Morgan fingerprint density at radius 3 is 2.47 bits per heavy atom. The zero-order valence-electron chi connectivity index (χ0n) is 9.50. The van der Waals surface area contributed by atoms with Crippen molar-refractivity contribution in [3.63, 3.8) is 0 Å².